The Bertz CT molecular complexity index is 704. The average molecular weight is 372 g/mol. The molecule has 0 aromatic heterocycles. The molecule has 0 radical (unpaired) electrons. The summed E-state index contributed by atoms with van der Waals surface area (Å²) in [6, 6.07) is 16.1. The maximum Gasteiger partial charge on any atom is 0.119 e. The van der Waals surface area contributed by atoms with Gasteiger partial charge in [-0.2, -0.15) is 0 Å². The van der Waals surface area contributed by atoms with Gasteiger partial charge in [0.05, 0.1) is 12.7 Å². The van der Waals surface area contributed by atoms with E-state index in [9.17, 15) is 5.11 Å². The van der Waals surface area contributed by atoms with Crippen LogP contribution >= 0.6 is 0 Å². The Balaban J connectivity index is 1.61. The predicted molar refractivity (Wildman–Crippen MR) is 103 cm³/mol. The molecule has 2 aromatic carbocycles. The molecule has 2 unspecified atom stereocenters. The predicted octanol–water partition coefficient (Wildman–Crippen LogP) is 2.91. The topological polar surface area (TPSA) is 71.5 Å². The maximum absolute atomic E-state index is 9.64. The van der Waals surface area contributed by atoms with Crippen molar-refractivity contribution in [2.24, 2.45) is 0 Å². The van der Waals surface area contributed by atoms with Crippen molar-refractivity contribution in [3.63, 3.8) is 0 Å². The van der Waals surface area contributed by atoms with Gasteiger partial charge in [0.25, 0.3) is 0 Å². The Morgan fingerprint density at radius 1 is 1.00 bits per heavy atom. The number of ether oxygens (including phenoxy) is 3. The van der Waals surface area contributed by atoms with E-state index in [0.717, 1.165) is 12.4 Å². The minimum atomic E-state index is -0.654. The summed E-state index contributed by atoms with van der Waals surface area (Å²) in [5.74, 6) is 1.56. The summed E-state index contributed by atoms with van der Waals surface area (Å²) >= 11 is 0. The third kappa shape index (κ3) is 5.45. The summed E-state index contributed by atoms with van der Waals surface area (Å²) in [5.41, 5.74) is 2.21. The highest BCUT2D eigenvalue weighted by atomic mass is 16.6. The molecule has 5 nitrogen and oxygen atoms in total. The minimum Gasteiger partial charge on any atom is -0.491 e. The summed E-state index contributed by atoms with van der Waals surface area (Å²) in [5, 5.41) is 18.4. The number of epoxide rings is 1. The first kappa shape index (κ1) is 19.7. The van der Waals surface area contributed by atoms with Gasteiger partial charge in [-0.05, 0) is 41.8 Å². The highest BCUT2D eigenvalue weighted by Gasteiger charge is 2.24. The van der Waals surface area contributed by atoms with Crippen molar-refractivity contribution in [1.82, 2.24) is 0 Å². The molecule has 2 aromatic rings. The van der Waals surface area contributed by atoms with Crippen molar-refractivity contribution < 1.29 is 24.4 Å². The second kappa shape index (κ2) is 8.74. The van der Waals surface area contributed by atoms with Gasteiger partial charge in [0, 0.05) is 12.0 Å². The van der Waals surface area contributed by atoms with E-state index in [1.165, 1.54) is 11.1 Å². The molecule has 0 amide bonds. The van der Waals surface area contributed by atoms with E-state index in [1.807, 2.05) is 36.4 Å². The molecular formula is C22H28O5. The van der Waals surface area contributed by atoms with E-state index in [1.54, 1.807) is 0 Å². The summed E-state index contributed by atoms with van der Waals surface area (Å²) in [6.07, 6.45) is -0.0803. The normalized spacial score (nSPS) is 17.4. The molecule has 0 aliphatic carbocycles. The molecule has 0 saturated carbocycles. The van der Waals surface area contributed by atoms with Crippen molar-refractivity contribution >= 4 is 0 Å². The van der Waals surface area contributed by atoms with E-state index in [-0.39, 0.29) is 24.7 Å². The van der Waals surface area contributed by atoms with Gasteiger partial charge in [0.15, 0.2) is 0 Å². The number of hydrogen-bond acceptors (Lipinski definition) is 5. The van der Waals surface area contributed by atoms with Crippen LogP contribution in [0.5, 0.6) is 11.5 Å². The van der Waals surface area contributed by atoms with Crippen molar-refractivity contribution in [2.75, 3.05) is 26.4 Å². The van der Waals surface area contributed by atoms with Gasteiger partial charge in [-0.1, -0.05) is 38.1 Å². The van der Waals surface area contributed by atoms with Crippen LogP contribution in [-0.2, 0) is 10.2 Å². The molecule has 1 saturated heterocycles. The van der Waals surface area contributed by atoms with Crippen LogP contribution < -0.4 is 9.47 Å². The second-order valence-corrected chi connectivity index (χ2v) is 7.42. The first-order valence-corrected chi connectivity index (χ1v) is 9.36. The maximum atomic E-state index is 9.64. The number of aliphatic hydroxyl groups excluding tert-OH is 2. The summed E-state index contributed by atoms with van der Waals surface area (Å²) in [4.78, 5) is 0. The lowest BCUT2D eigenvalue weighted by molar-refractivity contribution is 0.0821. The Labute approximate surface area is 160 Å². The van der Waals surface area contributed by atoms with E-state index in [0.29, 0.717) is 18.8 Å². The molecule has 27 heavy (non-hydrogen) atoms. The van der Waals surface area contributed by atoms with Crippen molar-refractivity contribution in [1.29, 1.82) is 0 Å². The third-order valence-corrected chi connectivity index (χ3v) is 4.89. The Morgan fingerprint density at radius 2 is 1.52 bits per heavy atom. The zero-order valence-electron chi connectivity index (χ0n) is 15.9. The highest BCUT2D eigenvalue weighted by molar-refractivity contribution is 5.41. The first-order valence-electron chi connectivity index (χ1n) is 9.36. The average Bonchev–Trinajstić information content (AvgIpc) is 3.50. The van der Waals surface area contributed by atoms with Gasteiger partial charge in [-0.15, -0.1) is 0 Å². The Hall–Kier alpha value is -2.08. The van der Waals surface area contributed by atoms with Crippen LogP contribution in [0.25, 0.3) is 0 Å². The Kier molecular flexibility index (Phi) is 6.37. The molecular weight excluding hydrogens is 344 g/mol. The molecule has 2 atom stereocenters. The lowest BCUT2D eigenvalue weighted by atomic mass is 9.78. The molecule has 0 spiro atoms. The fraction of sp³-hybridized carbons (Fsp3) is 0.455. The van der Waals surface area contributed by atoms with Crippen LogP contribution in [0.15, 0.2) is 48.5 Å². The van der Waals surface area contributed by atoms with Crippen LogP contribution in [0.4, 0.5) is 0 Å². The summed E-state index contributed by atoms with van der Waals surface area (Å²) in [6.45, 7) is 5.90. The van der Waals surface area contributed by atoms with Crippen LogP contribution in [0.1, 0.15) is 31.4 Å². The largest absolute Gasteiger partial charge is 0.491 e. The monoisotopic (exact) mass is 372 g/mol. The van der Waals surface area contributed by atoms with Crippen molar-refractivity contribution in [3.05, 3.63) is 59.7 Å². The third-order valence-electron chi connectivity index (χ3n) is 4.89. The van der Waals surface area contributed by atoms with Gasteiger partial charge in [0.2, 0.25) is 0 Å². The van der Waals surface area contributed by atoms with E-state index in [2.05, 4.69) is 26.0 Å². The van der Waals surface area contributed by atoms with Gasteiger partial charge < -0.3 is 24.4 Å². The summed E-state index contributed by atoms with van der Waals surface area (Å²) in [7, 11) is 0. The van der Waals surface area contributed by atoms with Crippen LogP contribution in [0.2, 0.25) is 0 Å². The SMILES string of the molecule is CC(C)(c1ccc(OCC(O)CCO)cc1)c1ccc(OCC2CO2)cc1. The Morgan fingerprint density at radius 3 is 2.00 bits per heavy atom. The minimum absolute atomic E-state index is 0.0458. The fourth-order valence-corrected chi connectivity index (χ4v) is 2.88. The second-order valence-electron chi connectivity index (χ2n) is 7.42. The van der Waals surface area contributed by atoms with Crippen molar-refractivity contribution in [2.45, 2.75) is 37.9 Å². The molecule has 3 rings (SSSR count). The molecule has 1 aliphatic heterocycles. The van der Waals surface area contributed by atoms with Crippen LogP contribution in [0.3, 0.4) is 0 Å². The zero-order chi connectivity index (χ0) is 19.3. The number of rotatable bonds is 10. The smallest absolute Gasteiger partial charge is 0.119 e. The number of hydrogen-bond donors (Lipinski definition) is 2. The standard InChI is InChI=1S/C22H28O5/c1-22(2,17-5-9-20(10-6-17)26-14-21-15-27-21)16-3-7-19(8-4-16)25-13-18(24)11-12-23/h3-10,18,21,23-24H,11-15H2,1-2H3. The molecule has 0 bridgehead atoms. The van der Waals surface area contributed by atoms with Gasteiger partial charge in [-0.3, -0.25) is 0 Å². The molecule has 146 valence electrons. The molecule has 1 heterocycles. The van der Waals surface area contributed by atoms with E-state index >= 15 is 0 Å². The molecule has 2 N–H and O–H groups in total. The number of benzene rings is 2. The highest BCUT2D eigenvalue weighted by Crippen LogP contribution is 2.33. The van der Waals surface area contributed by atoms with E-state index < -0.39 is 6.10 Å². The van der Waals surface area contributed by atoms with Crippen molar-refractivity contribution in [3.8, 4) is 11.5 Å². The van der Waals surface area contributed by atoms with Crippen LogP contribution in [-0.4, -0.2) is 48.8 Å². The van der Waals surface area contributed by atoms with E-state index in [4.69, 9.17) is 19.3 Å². The zero-order valence-corrected chi connectivity index (χ0v) is 15.9. The van der Waals surface area contributed by atoms with Crippen LogP contribution in [0, 0.1) is 0 Å². The molecule has 5 heteroatoms. The van der Waals surface area contributed by atoms with Gasteiger partial charge >= 0.3 is 0 Å². The number of aliphatic hydroxyl groups is 2. The molecule has 1 fully saturated rings. The first-order chi connectivity index (χ1) is 13.0. The van der Waals surface area contributed by atoms with Gasteiger partial charge in [-0.25, -0.2) is 0 Å². The molecule has 1 aliphatic rings. The fourth-order valence-electron chi connectivity index (χ4n) is 2.88. The quantitative estimate of drug-likeness (QED) is 0.628. The van der Waals surface area contributed by atoms with Gasteiger partial charge in [0.1, 0.15) is 30.8 Å². The lowest BCUT2D eigenvalue weighted by Crippen LogP contribution is -2.20. The summed E-state index contributed by atoms with van der Waals surface area (Å²) < 4.78 is 16.4. The lowest BCUT2D eigenvalue weighted by Gasteiger charge is -2.26.